The van der Waals surface area contributed by atoms with Crippen molar-refractivity contribution in [2.75, 3.05) is 13.2 Å². The summed E-state index contributed by atoms with van der Waals surface area (Å²) in [5.41, 5.74) is 0. The highest BCUT2D eigenvalue weighted by molar-refractivity contribution is 7.30. The second kappa shape index (κ2) is 14.4. The van der Waals surface area contributed by atoms with Gasteiger partial charge in [0.15, 0.2) is 0 Å². The van der Waals surface area contributed by atoms with Crippen molar-refractivity contribution in [2.24, 2.45) is 0 Å². The predicted molar refractivity (Wildman–Crippen MR) is 54.0 cm³/mol. The summed E-state index contributed by atoms with van der Waals surface area (Å²) in [5, 5.41) is 0. The standard InChI is InChI=1S/C8H16O.H3O3P/c1-3-5-6-8-9-7-4-2;1-4(2)3/h4H,2-3,5-8H2,1H3;4H,(H2,1,2,3). The molecule has 0 unspecified atom stereocenters. The predicted octanol–water partition coefficient (Wildman–Crippen LogP) is 1.74. The Morgan fingerprint density at radius 3 is 2.38 bits per heavy atom. The Kier molecular flexibility index (Phi) is 17.0. The van der Waals surface area contributed by atoms with Crippen molar-refractivity contribution in [3.05, 3.63) is 12.7 Å². The van der Waals surface area contributed by atoms with E-state index in [1.54, 1.807) is 6.08 Å². The van der Waals surface area contributed by atoms with Gasteiger partial charge in [0.05, 0.1) is 6.61 Å². The van der Waals surface area contributed by atoms with Crippen molar-refractivity contribution in [3.63, 3.8) is 0 Å². The first kappa shape index (κ1) is 15.3. The molecule has 80 valence electrons. The number of rotatable bonds is 6. The van der Waals surface area contributed by atoms with Crippen LogP contribution in [-0.4, -0.2) is 23.0 Å². The Balaban J connectivity index is 0. The summed E-state index contributed by atoms with van der Waals surface area (Å²) in [6.45, 7) is 7.33. The number of hydrogen-bond acceptors (Lipinski definition) is 2. The fourth-order valence-corrected chi connectivity index (χ4v) is 0.621. The molecule has 13 heavy (non-hydrogen) atoms. The van der Waals surface area contributed by atoms with Gasteiger partial charge in [-0.2, -0.15) is 0 Å². The molecule has 0 aromatic heterocycles. The molecule has 0 aromatic rings. The van der Waals surface area contributed by atoms with Crippen LogP contribution < -0.4 is 0 Å². The molecule has 0 atom stereocenters. The zero-order chi connectivity index (χ0) is 10.5. The van der Waals surface area contributed by atoms with Crippen LogP contribution in [-0.2, 0) is 9.30 Å². The maximum absolute atomic E-state index is 8.74. The van der Waals surface area contributed by atoms with Crippen LogP contribution in [0.25, 0.3) is 0 Å². The first-order valence-corrected chi connectivity index (χ1v) is 5.55. The second-order valence-electron chi connectivity index (χ2n) is 2.35. The van der Waals surface area contributed by atoms with E-state index in [1.165, 1.54) is 19.3 Å². The van der Waals surface area contributed by atoms with E-state index in [2.05, 4.69) is 13.5 Å². The van der Waals surface area contributed by atoms with Gasteiger partial charge in [-0.15, -0.1) is 6.58 Å². The van der Waals surface area contributed by atoms with E-state index in [1.807, 2.05) is 0 Å². The van der Waals surface area contributed by atoms with Crippen molar-refractivity contribution in [1.29, 1.82) is 0 Å². The van der Waals surface area contributed by atoms with Crippen molar-refractivity contribution < 1.29 is 19.1 Å². The van der Waals surface area contributed by atoms with Crippen LogP contribution in [0, 0.1) is 0 Å². The highest BCUT2D eigenvalue weighted by Gasteiger charge is 1.83. The van der Waals surface area contributed by atoms with Crippen molar-refractivity contribution >= 4 is 8.25 Å². The molecule has 0 aliphatic rings. The third kappa shape index (κ3) is 33.6. The zero-order valence-corrected chi connectivity index (χ0v) is 9.03. The lowest BCUT2D eigenvalue weighted by molar-refractivity contribution is 0.158. The smallest absolute Gasteiger partial charge is 0.314 e. The largest absolute Gasteiger partial charge is 0.377 e. The molecule has 4 nitrogen and oxygen atoms in total. The Labute approximate surface area is 80.2 Å². The molecular formula is C8H19O4P. The number of hydrogen-bond donors (Lipinski definition) is 2. The monoisotopic (exact) mass is 210 g/mol. The van der Waals surface area contributed by atoms with Crippen molar-refractivity contribution in [2.45, 2.75) is 26.2 Å². The van der Waals surface area contributed by atoms with Gasteiger partial charge < -0.3 is 14.5 Å². The maximum atomic E-state index is 8.74. The van der Waals surface area contributed by atoms with E-state index in [0.717, 1.165) is 6.61 Å². The maximum Gasteiger partial charge on any atom is 0.314 e. The zero-order valence-electron chi connectivity index (χ0n) is 8.03. The first-order chi connectivity index (χ1) is 6.15. The Hall–Kier alpha value is -0.150. The molecule has 0 amide bonds. The average molecular weight is 210 g/mol. The van der Waals surface area contributed by atoms with Crippen LogP contribution in [0.4, 0.5) is 0 Å². The third-order valence-corrected chi connectivity index (χ3v) is 1.13. The Morgan fingerprint density at radius 2 is 2.00 bits per heavy atom. The molecule has 0 heterocycles. The molecule has 0 radical (unpaired) electrons. The SMILES string of the molecule is C=CCOCCCCC.O=[PH](O)O. The Bertz CT molecular complexity index is 123. The van der Waals surface area contributed by atoms with Gasteiger partial charge in [-0.1, -0.05) is 25.8 Å². The van der Waals surface area contributed by atoms with Crippen LogP contribution in [0.3, 0.4) is 0 Å². The molecule has 0 aromatic carbocycles. The molecule has 0 fully saturated rings. The van der Waals surface area contributed by atoms with Gasteiger partial charge in [0.1, 0.15) is 0 Å². The summed E-state index contributed by atoms with van der Waals surface area (Å²) < 4.78 is 13.9. The van der Waals surface area contributed by atoms with Crippen molar-refractivity contribution in [1.82, 2.24) is 0 Å². The fourth-order valence-electron chi connectivity index (χ4n) is 0.621. The van der Waals surface area contributed by atoms with Crippen LogP contribution in [0.15, 0.2) is 12.7 Å². The molecule has 0 saturated heterocycles. The van der Waals surface area contributed by atoms with Gasteiger partial charge in [-0.25, -0.2) is 0 Å². The lowest BCUT2D eigenvalue weighted by Crippen LogP contribution is -1.92. The molecule has 0 rings (SSSR count). The summed E-state index contributed by atoms with van der Waals surface area (Å²) in [6.07, 6.45) is 5.50. The molecule has 0 aliphatic heterocycles. The van der Waals surface area contributed by atoms with Gasteiger partial charge in [0.2, 0.25) is 0 Å². The minimum atomic E-state index is -3.13. The minimum Gasteiger partial charge on any atom is -0.377 e. The third-order valence-electron chi connectivity index (χ3n) is 1.13. The molecule has 0 spiro atoms. The highest BCUT2D eigenvalue weighted by Crippen LogP contribution is 1.98. The molecule has 2 N–H and O–H groups in total. The summed E-state index contributed by atoms with van der Waals surface area (Å²) in [4.78, 5) is 14.3. The summed E-state index contributed by atoms with van der Waals surface area (Å²) >= 11 is 0. The van der Waals surface area contributed by atoms with E-state index in [0.29, 0.717) is 6.61 Å². The summed E-state index contributed by atoms with van der Waals surface area (Å²) in [7, 11) is -3.13. The molecule has 5 heteroatoms. The highest BCUT2D eigenvalue weighted by atomic mass is 31.1. The second-order valence-corrected chi connectivity index (χ2v) is 2.92. The van der Waals surface area contributed by atoms with Gasteiger partial charge in [0, 0.05) is 6.61 Å². The van der Waals surface area contributed by atoms with Crippen LogP contribution in [0.5, 0.6) is 0 Å². The van der Waals surface area contributed by atoms with Gasteiger partial charge in [-0.3, -0.25) is 4.57 Å². The first-order valence-electron chi connectivity index (χ1n) is 4.25. The Morgan fingerprint density at radius 1 is 1.46 bits per heavy atom. The normalized spacial score (nSPS) is 9.23. The average Bonchev–Trinajstić information content (AvgIpc) is 2.03. The quantitative estimate of drug-likeness (QED) is 0.398. The molecule has 0 saturated carbocycles. The van der Waals surface area contributed by atoms with E-state index >= 15 is 0 Å². The van der Waals surface area contributed by atoms with Crippen LogP contribution in [0.2, 0.25) is 0 Å². The summed E-state index contributed by atoms with van der Waals surface area (Å²) in [5.74, 6) is 0. The summed E-state index contributed by atoms with van der Waals surface area (Å²) in [6, 6.07) is 0. The van der Waals surface area contributed by atoms with E-state index in [-0.39, 0.29) is 0 Å². The number of ether oxygens (including phenoxy) is 1. The van der Waals surface area contributed by atoms with E-state index < -0.39 is 8.25 Å². The minimum absolute atomic E-state index is 0.698. The molecule has 0 bridgehead atoms. The topological polar surface area (TPSA) is 66.8 Å². The van der Waals surface area contributed by atoms with E-state index in [9.17, 15) is 0 Å². The number of unbranched alkanes of at least 4 members (excludes halogenated alkanes) is 2. The lowest BCUT2D eigenvalue weighted by Gasteiger charge is -1.97. The van der Waals surface area contributed by atoms with Crippen molar-refractivity contribution in [3.8, 4) is 0 Å². The van der Waals surface area contributed by atoms with Crippen LogP contribution in [0.1, 0.15) is 26.2 Å². The van der Waals surface area contributed by atoms with Crippen LogP contribution >= 0.6 is 8.25 Å². The lowest BCUT2D eigenvalue weighted by atomic mass is 10.3. The van der Waals surface area contributed by atoms with Gasteiger partial charge in [-0.05, 0) is 6.42 Å². The molecular weight excluding hydrogens is 191 g/mol. The van der Waals surface area contributed by atoms with Gasteiger partial charge >= 0.3 is 8.25 Å². The molecule has 0 aliphatic carbocycles. The van der Waals surface area contributed by atoms with E-state index in [4.69, 9.17) is 19.1 Å². The van der Waals surface area contributed by atoms with Gasteiger partial charge in [0.25, 0.3) is 0 Å². The fraction of sp³-hybridized carbons (Fsp3) is 0.750.